The number of nitrogens with one attached hydrogen (secondary N) is 1. The molecule has 7 heteroatoms. The third-order valence-corrected chi connectivity index (χ3v) is 2.94. The third kappa shape index (κ3) is 4.04. The molecule has 1 aliphatic rings. The summed E-state index contributed by atoms with van der Waals surface area (Å²) in [5.41, 5.74) is 0. The van der Waals surface area contributed by atoms with Crippen LogP contribution in [0.5, 0.6) is 0 Å². The second kappa shape index (κ2) is 5.80. The molecule has 1 fully saturated rings. The van der Waals surface area contributed by atoms with E-state index < -0.39 is 14.5 Å². The van der Waals surface area contributed by atoms with E-state index in [0.29, 0.717) is 13.1 Å². The van der Waals surface area contributed by atoms with Crippen molar-refractivity contribution in [2.45, 2.75) is 12.4 Å². The summed E-state index contributed by atoms with van der Waals surface area (Å²) in [6.45, 7) is 1.28. The van der Waals surface area contributed by atoms with Crippen molar-refractivity contribution in [1.29, 1.82) is 0 Å². The Hall–Kier alpha value is 0.0300. The quantitative estimate of drug-likeness (QED) is 0.613. The molecule has 0 radical (unpaired) electrons. The van der Waals surface area contributed by atoms with E-state index in [2.05, 4.69) is 5.32 Å². The van der Waals surface area contributed by atoms with Crippen molar-refractivity contribution in [3.8, 4) is 0 Å². The van der Waals surface area contributed by atoms with E-state index >= 15 is 0 Å². The van der Waals surface area contributed by atoms with Crippen LogP contribution in [0.1, 0.15) is 0 Å². The summed E-state index contributed by atoms with van der Waals surface area (Å²) in [5, 5.41) is 12.1. The van der Waals surface area contributed by atoms with Gasteiger partial charge in [-0.15, -0.1) is 0 Å². The van der Waals surface area contributed by atoms with Gasteiger partial charge in [-0.2, -0.15) is 0 Å². The molecule has 1 saturated heterocycles. The highest BCUT2D eigenvalue weighted by atomic mass is 31.1. The lowest BCUT2D eigenvalue weighted by molar-refractivity contribution is -0.159. The van der Waals surface area contributed by atoms with E-state index in [1.165, 1.54) is 4.67 Å². The molecule has 1 heterocycles. The van der Waals surface area contributed by atoms with Gasteiger partial charge in [-0.1, -0.05) is 0 Å². The molecule has 0 amide bonds. The van der Waals surface area contributed by atoms with E-state index in [1.54, 1.807) is 14.1 Å². The van der Waals surface area contributed by atoms with Crippen molar-refractivity contribution in [3.63, 3.8) is 0 Å². The lowest BCUT2D eigenvalue weighted by Gasteiger charge is -2.27. The minimum Gasteiger partial charge on any atom is -0.367 e. The van der Waals surface area contributed by atoms with Crippen LogP contribution < -0.4 is 5.32 Å². The zero-order valence-corrected chi connectivity index (χ0v) is 9.40. The largest absolute Gasteiger partial charge is 0.367 e. The average Bonchev–Trinajstić information content (AvgIpc) is 2.14. The van der Waals surface area contributed by atoms with Gasteiger partial charge in [0.1, 0.15) is 0 Å². The number of aliphatic hydroxyl groups excluding tert-OH is 1. The Morgan fingerprint density at radius 1 is 1.64 bits per heavy atom. The van der Waals surface area contributed by atoms with E-state index in [-0.39, 0.29) is 12.7 Å². The van der Waals surface area contributed by atoms with Crippen molar-refractivity contribution in [3.05, 3.63) is 0 Å². The van der Waals surface area contributed by atoms with Crippen molar-refractivity contribution in [2.24, 2.45) is 0 Å². The van der Waals surface area contributed by atoms with Crippen LogP contribution in [-0.2, 0) is 13.8 Å². The molecule has 1 aliphatic heterocycles. The van der Waals surface area contributed by atoms with Gasteiger partial charge in [-0.05, 0) is 14.1 Å². The van der Waals surface area contributed by atoms with Gasteiger partial charge in [-0.3, -0.25) is 4.57 Å². The first-order valence-electron chi connectivity index (χ1n) is 4.48. The summed E-state index contributed by atoms with van der Waals surface area (Å²) in [7, 11) is 1.25. The molecule has 84 valence electrons. The molecule has 1 rings (SSSR count). The fourth-order valence-corrected chi connectivity index (χ4v) is 1.66. The van der Waals surface area contributed by atoms with Gasteiger partial charge in [0, 0.05) is 13.1 Å². The molecule has 0 spiro atoms. The highest BCUT2D eigenvalue weighted by Crippen LogP contribution is 2.24. The first-order chi connectivity index (χ1) is 6.59. The summed E-state index contributed by atoms with van der Waals surface area (Å²) in [6, 6.07) is 0. The average molecular weight is 224 g/mol. The maximum Gasteiger partial charge on any atom is 0.260 e. The van der Waals surface area contributed by atoms with Crippen LogP contribution in [0, 0.1) is 0 Å². The number of hydrogen-bond donors (Lipinski definition) is 2. The van der Waals surface area contributed by atoms with Crippen LogP contribution in [0.25, 0.3) is 0 Å². The van der Waals surface area contributed by atoms with Crippen LogP contribution in [0.2, 0.25) is 0 Å². The molecular weight excluding hydrogens is 207 g/mol. The summed E-state index contributed by atoms with van der Waals surface area (Å²) in [5.74, 6) is 0. The van der Waals surface area contributed by atoms with E-state index in [1.807, 2.05) is 0 Å². The Kier molecular flexibility index (Phi) is 5.01. The molecule has 3 atom stereocenters. The zero-order valence-electron chi connectivity index (χ0n) is 8.40. The van der Waals surface area contributed by atoms with Crippen LogP contribution in [0.15, 0.2) is 0 Å². The number of morpholine rings is 1. The van der Waals surface area contributed by atoms with E-state index in [0.717, 1.165) is 0 Å². The molecule has 0 aromatic rings. The SMILES string of the molecule is CN(C)[PH](=O)OC[C@@H]1CNC[C@H](O)O1. The van der Waals surface area contributed by atoms with Crippen LogP contribution in [0.4, 0.5) is 0 Å². The minimum atomic E-state index is -2.13. The summed E-state index contributed by atoms with van der Waals surface area (Å²) in [4.78, 5) is 0. The maximum absolute atomic E-state index is 11.2. The molecular formula is C7H17N2O4P. The van der Waals surface area contributed by atoms with Gasteiger partial charge in [0.2, 0.25) is 0 Å². The van der Waals surface area contributed by atoms with Gasteiger partial charge in [0.05, 0.1) is 12.7 Å². The number of aliphatic hydroxyl groups is 1. The Morgan fingerprint density at radius 3 is 2.93 bits per heavy atom. The lowest BCUT2D eigenvalue weighted by Crippen LogP contribution is -2.46. The molecule has 0 bridgehead atoms. The van der Waals surface area contributed by atoms with Crippen LogP contribution >= 0.6 is 8.18 Å². The highest BCUT2D eigenvalue weighted by Gasteiger charge is 2.20. The van der Waals surface area contributed by atoms with Gasteiger partial charge in [-0.25, -0.2) is 4.67 Å². The Balaban J connectivity index is 2.20. The molecule has 0 aromatic carbocycles. The van der Waals surface area contributed by atoms with Crippen molar-refractivity contribution in [1.82, 2.24) is 9.99 Å². The summed E-state index contributed by atoms with van der Waals surface area (Å²) < 4.78 is 23.0. The van der Waals surface area contributed by atoms with Crippen molar-refractivity contribution < 1.29 is 18.9 Å². The van der Waals surface area contributed by atoms with Gasteiger partial charge in [0.15, 0.2) is 6.29 Å². The second-order valence-corrected chi connectivity index (χ2v) is 5.06. The second-order valence-electron chi connectivity index (χ2n) is 3.34. The predicted octanol–water partition coefficient (Wildman–Crippen LogP) is -0.739. The minimum absolute atomic E-state index is 0.229. The Labute approximate surface area is 84.1 Å². The zero-order chi connectivity index (χ0) is 10.6. The third-order valence-electron chi connectivity index (χ3n) is 1.80. The lowest BCUT2D eigenvalue weighted by atomic mass is 10.3. The molecule has 6 nitrogen and oxygen atoms in total. The topological polar surface area (TPSA) is 71.0 Å². The monoisotopic (exact) mass is 224 g/mol. The van der Waals surface area contributed by atoms with Gasteiger partial charge < -0.3 is 19.7 Å². The molecule has 0 aliphatic carbocycles. The molecule has 14 heavy (non-hydrogen) atoms. The number of hydrogen-bond acceptors (Lipinski definition) is 5. The number of β-amino-alcohol motifs (C(OH)–C–C–N with tert-alkyl or cyclic N) is 1. The fourth-order valence-electron chi connectivity index (χ4n) is 1.08. The van der Waals surface area contributed by atoms with E-state index in [9.17, 15) is 4.57 Å². The van der Waals surface area contributed by atoms with Gasteiger partial charge >= 0.3 is 0 Å². The molecule has 2 N–H and O–H groups in total. The summed E-state index contributed by atoms with van der Waals surface area (Å²) >= 11 is 0. The van der Waals surface area contributed by atoms with Crippen molar-refractivity contribution in [2.75, 3.05) is 33.8 Å². The van der Waals surface area contributed by atoms with Crippen LogP contribution in [0.3, 0.4) is 0 Å². The van der Waals surface area contributed by atoms with Gasteiger partial charge in [0.25, 0.3) is 8.18 Å². The number of nitrogens with zero attached hydrogens (tertiary/aromatic N) is 1. The highest BCUT2D eigenvalue weighted by molar-refractivity contribution is 7.36. The Morgan fingerprint density at radius 2 is 2.36 bits per heavy atom. The predicted molar refractivity (Wildman–Crippen MR) is 52.4 cm³/mol. The fraction of sp³-hybridized carbons (Fsp3) is 1.00. The maximum atomic E-state index is 11.2. The Bertz CT molecular complexity index is 202. The normalized spacial score (nSPS) is 30.6. The molecule has 0 saturated carbocycles. The summed E-state index contributed by atoms with van der Waals surface area (Å²) in [6.07, 6.45) is -1.02. The van der Waals surface area contributed by atoms with Crippen molar-refractivity contribution >= 4 is 8.18 Å². The number of rotatable bonds is 4. The van der Waals surface area contributed by atoms with E-state index in [4.69, 9.17) is 14.4 Å². The first-order valence-corrected chi connectivity index (χ1v) is 5.74. The first kappa shape index (κ1) is 12.1. The smallest absolute Gasteiger partial charge is 0.260 e. The molecule has 1 unspecified atom stereocenters. The number of ether oxygens (including phenoxy) is 1. The standard InChI is InChI=1S/C7H17N2O4P/c1-9(2)14(11)12-5-6-3-8-4-7(10)13-6/h6-8,10,14H,3-5H2,1-2H3/t6-,7+/m0/s1. The molecule has 0 aromatic heterocycles. The van der Waals surface area contributed by atoms with Crippen LogP contribution in [-0.4, -0.2) is 56.0 Å².